The molecule has 0 heterocycles. The summed E-state index contributed by atoms with van der Waals surface area (Å²) in [5.41, 5.74) is -1.21. The summed E-state index contributed by atoms with van der Waals surface area (Å²) >= 11 is 5.34. The highest BCUT2D eigenvalue weighted by molar-refractivity contribution is 6.65. The van der Waals surface area contributed by atoms with Crippen LogP contribution in [0.3, 0.4) is 0 Å². The highest BCUT2D eigenvalue weighted by Crippen LogP contribution is 2.16. The van der Waals surface area contributed by atoms with E-state index in [1.807, 2.05) is 0 Å². The minimum Gasteiger partial charge on any atom is -0.450 e. The van der Waals surface area contributed by atoms with Gasteiger partial charge in [-0.1, -0.05) is 51.9 Å². The van der Waals surface area contributed by atoms with Gasteiger partial charge in [-0.05, 0) is 31.9 Å². The number of rotatable bonds is 11. The van der Waals surface area contributed by atoms with E-state index in [-0.39, 0.29) is 5.97 Å². The summed E-state index contributed by atoms with van der Waals surface area (Å²) in [6, 6.07) is 0. The second kappa shape index (κ2) is 10.2. The van der Waals surface area contributed by atoms with E-state index in [0.717, 1.165) is 19.3 Å². The van der Waals surface area contributed by atoms with Crippen molar-refractivity contribution < 1.29 is 14.3 Å². The van der Waals surface area contributed by atoms with E-state index in [4.69, 9.17) is 16.3 Å². The van der Waals surface area contributed by atoms with Gasteiger partial charge in [0.1, 0.15) is 0 Å². The maximum Gasteiger partial charge on any atom is 0.306 e. The van der Waals surface area contributed by atoms with Crippen LogP contribution < -0.4 is 0 Å². The van der Waals surface area contributed by atoms with Crippen molar-refractivity contribution in [1.29, 1.82) is 0 Å². The predicted octanol–water partition coefficient (Wildman–Crippen LogP) is 4.60. The van der Waals surface area contributed by atoms with Crippen LogP contribution in [0.5, 0.6) is 0 Å². The normalized spacial score (nSPS) is 11.4. The Morgan fingerprint density at radius 2 is 1.42 bits per heavy atom. The number of hydrogen-bond acceptors (Lipinski definition) is 3. The summed E-state index contributed by atoms with van der Waals surface area (Å²) in [5, 5.41) is -0.642. The molecule has 0 rings (SSSR count). The van der Waals surface area contributed by atoms with Gasteiger partial charge in [-0.15, -0.1) is 0 Å². The molecule has 0 amide bonds. The topological polar surface area (TPSA) is 43.4 Å². The van der Waals surface area contributed by atoms with Crippen molar-refractivity contribution in [2.75, 3.05) is 0 Å². The van der Waals surface area contributed by atoms with Crippen molar-refractivity contribution in [2.24, 2.45) is 0 Å². The molecule has 0 bridgehead atoms. The zero-order valence-corrected chi connectivity index (χ0v) is 13.2. The van der Waals surface area contributed by atoms with E-state index in [9.17, 15) is 9.59 Å². The molecule has 0 aromatic heterocycles. The van der Waals surface area contributed by atoms with Crippen LogP contribution in [0.4, 0.5) is 0 Å². The van der Waals surface area contributed by atoms with Gasteiger partial charge in [-0.3, -0.25) is 9.59 Å². The molecule has 0 aromatic rings. The smallest absolute Gasteiger partial charge is 0.306 e. The molecule has 0 unspecified atom stereocenters. The molecule has 0 radical (unpaired) electrons. The molecule has 0 aromatic carbocycles. The molecule has 0 saturated heterocycles. The number of ether oxygens (including phenoxy) is 1. The number of carbonyl (C=O) groups is 2. The average Bonchev–Trinajstić information content (AvgIpc) is 2.31. The van der Waals surface area contributed by atoms with Crippen molar-refractivity contribution in [3.8, 4) is 0 Å². The largest absolute Gasteiger partial charge is 0.450 e. The lowest BCUT2D eigenvalue weighted by atomic mass is 10.1. The van der Waals surface area contributed by atoms with E-state index >= 15 is 0 Å². The minimum absolute atomic E-state index is 0.343. The Hall–Kier alpha value is -0.570. The SMILES string of the molecule is CCCCCCCCCCC(=O)OC(C)(C)C(=O)Cl. The maximum absolute atomic E-state index is 11.5. The molecule has 3 nitrogen and oxygen atoms in total. The molecular weight excluding hydrogens is 264 g/mol. The molecular formula is C15H27ClO3. The quantitative estimate of drug-likeness (QED) is 0.317. The summed E-state index contributed by atoms with van der Waals surface area (Å²) in [7, 11) is 0. The van der Waals surface area contributed by atoms with E-state index in [0.29, 0.717) is 6.42 Å². The lowest BCUT2D eigenvalue weighted by molar-refractivity contribution is -0.161. The lowest BCUT2D eigenvalue weighted by Crippen LogP contribution is -2.34. The van der Waals surface area contributed by atoms with Gasteiger partial charge in [0.2, 0.25) is 0 Å². The number of hydrogen-bond donors (Lipinski definition) is 0. The fourth-order valence-corrected chi connectivity index (χ4v) is 1.82. The third kappa shape index (κ3) is 9.94. The minimum atomic E-state index is -1.21. The third-order valence-corrected chi connectivity index (χ3v) is 3.53. The summed E-state index contributed by atoms with van der Waals surface area (Å²) in [4.78, 5) is 22.5. The summed E-state index contributed by atoms with van der Waals surface area (Å²) in [6.45, 7) is 5.22. The summed E-state index contributed by atoms with van der Waals surface area (Å²) in [5.74, 6) is -0.343. The molecule has 112 valence electrons. The lowest BCUT2D eigenvalue weighted by Gasteiger charge is -2.20. The Labute approximate surface area is 122 Å². The van der Waals surface area contributed by atoms with Gasteiger partial charge in [0.05, 0.1) is 0 Å². The van der Waals surface area contributed by atoms with Gasteiger partial charge in [0.25, 0.3) is 5.24 Å². The zero-order chi connectivity index (χ0) is 14.7. The Balaban J connectivity index is 3.52. The third-order valence-electron chi connectivity index (χ3n) is 3.08. The van der Waals surface area contributed by atoms with Gasteiger partial charge in [0, 0.05) is 6.42 Å². The van der Waals surface area contributed by atoms with Crippen molar-refractivity contribution >= 4 is 22.8 Å². The van der Waals surface area contributed by atoms with Gasteiger partial charge in [-0.2, -0.15) is 0 Å². The van der Waals surface area contributed by atoms with Crippen LogP contribution in [0.2, 0.25) is 0 Å². The van der Waals surface area contributed by atoms with Crippen LogP contribution >= 0.6 is 11.6 Å². The second-order valence-electron chi connectivity index (χ2n) is 5.48. The highest BCUT2D eigenvalue weighted by atomic mass is 35.5. The predicted molar refractivity (Wildman–Crippen MR) is 78.3 cm³/mol. The summed E-state index contributed by atoms with van der Waals surface area (Å²) < 4.78 is 5.04. The maximum atomic E-state index is 11.5. The standard InChI is InChI=1S/C15H27ClO3/c1-4-5-6-7-8-9-10-11-12-13(17)19-15(2,3)14(16)18/h4-12H2,1-3H3. The molecule has 0 spiro atoms. The molecule has 4 heteroatoms. The fourth-order valence-electron chi connectivity index (χ4n) is 1.78. The number of halogens is 1. The highest BCUT2D eigenvalue weighted by Gasteiger charge is 2.29. The fraction of sp³-hybridized carbons (Fsp3) is 0.867. The first kappa shape index (κ1) is 18.4. The van der Waals surface area contributed by atoms with Crippen LogP contribution in [-0.4, -0.2) is 16.8 Å². The molecule has 19 heavy (non-hydrogen) atoms. The Morgan fingerprint density at radius 3 is 1.89 bits per heavy atom. The van der Waals surface area contributed by atoms with E-state index in [2.05, 4.69) is 6.92 Å². The Morgan fingerprint density at radius 1 is 0.947 bits per heavy atom. The van der Waals surface area contributed by atoms with Crippen molar-refractivity contribution in [3.05, 3.63) is 0 Å². The van der Waals surface area contributed by atoms with Gasteiger partial charge in [0.15, 0.2) is 5.60 Å². The number of esters is 1. The second-order valence-corrected chi connectivity index (χ2v) is 5.83. The first-order valence-electron chi connectivity index (χ1n) is 7.32. The van der Waals surface area contributed by atoms with Crippen LogP contribution in [-0.2, 0) is 14.3 Å². The number of unbranched alkanes of at least 4 members (excludes halogenated alkanes) is 7. The van der Waals surface area contributed by atoms with Crippen molar-refractivity contribution in [2.45, 2.75) is 84.2 Å². The van der Waals surface area contributed by atoms with Gasteiger partial charge >= 0.3 is 5.97 Å². The zero-order valence-electron chi connectivity index (χ0n) is 12.5. The van der Waals surface area contributed by atoms with Crippen molar-refractivity contribution in [1.82, 2.24) is 0 Å². The Bertz CT molecular complexity index is 275. The van der Waals surface area contributed by atoms with Crippen molar-refractivity contribution in [3.63, 3.8) is 0 Å². The first-order valence-corrected chi connectivity index (χ1v) is 7.69. The van der Waals surface area contributed by atoms with E-state index in [1.54, 1.807) is 0 Å². The number of carbonyl (C=O) groups excluding carboxylic acids is 2. The van der Waals surface area contributed by atoms with Crippen LogP contribution in [0.1, 0.15) is 78.6 Å². The molecule has 0 fully saturated rings. The first-order chi connectivity index (χ1) is 8.90. The van der Waals surface area contributed by atoms with Crippen LogP contribution in [0.15, 0.2) is 0 Å². The molecule has 0 N–H and O–H groups in total. The molecule has 0 atom stereocenters. The van der Waals surface area contributed by atoms with Gasteiger partial charge in [-0.25, -0.2) is 0 Å². The average molecular weight is 291 g/mol. The van der Waals surface area contributed by atoms with E-state index < -0.39 is 10.8 Å². The van der Waals surface area contributed by atoms with Crippen LogP contribution in [0.25, 0.3) is 0 Å². The molecule has 0 aliphatic carbocycles. The molecule has 0 saturated carbocycles. The molecule has 0 aliphatic rings. The van der Waals surface area contributed by atoms with E-state index in [1.165, 1.54) is 46.0 Å². The summed E-state index contributed by atoms with van der Waals surface area (Å²) in [6.07, 6.45) is 9.79. The van der Waals surface area contributed by atoms with Crippen LogP contribution in [0, 0.1) is 0 Å². The Kier molecular flexibility index (Phi) is 9.94. The molecule has 0 aliphatic heterocycles. The van der Waals surface area contributed by atoms with Gasteiger partial charge < -0.3 is 4.74 Å². The monoisotopic (exact) mass is 290 g/mol.